The van der Waals surface area contributed by atoms with Crippen LogP contribution < -0.4 is 0 Å². The Morgan fingerprint density at radius 2 is 1.58 bits per heavy atom. The highest BCUT2D eigenvalue weighted by molar-refractivity contribution is 5.85. The second-order valence-corrected chi connectivity index (χ2v) is 9.07. The Morgan fingerprint density at radius 1 is 0.903 bits per heavy atom. The van der Waals surface area contributed by atoms with Gasteiger partial charge in [0, 0.05) is 37.5 Å². The highest BCUT2D eigenvalue weighted by atomic mass is 16.5. The van der Waals surface area contributed by atoms with Crippen molar-refractivity contribution >= 4 is 23.5 Å². The monoisotopic (exact) mass is 434 g/mol. The first-order valence-corrected chi connectivity index (χ1v) is 11.7. The van der Waals surface area contributed by atoms with Gasteiger partial charge in [-0.15, -0.1) is 0 Å². The van der Waals surface area contributed by atoms with Gasteiger partial charge in [0.05, 0.1) is 14.2 Å². The third-order valence-corrected chi connectivity index (χ3v) is 7.14. The SMILES string of the molecule is CCCCCC1C(=O)CC(C/C=C\CC2C(=O)CCC2CC(=O)OC)C1CC(=O)OC. The molecule has 0 amide bonds. The summed E-state index contributed by atoms with van der Waals surface area (Å²) in [4.78, 5) is 48.5. The molecule has 174 valence electrons. The number of carbonyl (C=O) groups is 4. The summed E-state index contributed by atoms with van der Waals surface area (Å²) < 4.78 is 9.64. The molecule has 2 fully saturated rings. The molecule has 2 aliphatic rings. The first-order valence-electron chi connectivity index (χ1n) is 11.7. The van der Waals surface area contributed by atoms with E-state index in [0.29, 0.717) is 32.1 Å². The van der Waals surface area contributed by atoms with E-state index in [4.69, 9.17) is 9.47 Å². The second-order valence-electron chi connectivity index (χ2n) is 9.07. The van der Waals surface area contributed by atoms with Crippen molar-refractivity contribution in [3.8, 4) is 0 Å². The molecule has 0 aromatic rings. The van der Waals surface area contributed by atoms with Crippen LogP contribution in [0.15, 0.2) is 12.2 Å². The van der Waals surface area contributed by atoms with Gasteiger partial charge in [0.15, 0.2) is 0 Å². The van der Waals surface area contributed by atoms with Crippen LogP contribution in [0.3, 0.4) is 0 Å². The lowest BCUT2D eigenvalue weighted by atomic mass is 9.82. The highest BCUT2D eigenvalue weighted by Crippen LogP contribution is 2.42. The molecule has 6 nitrogen and oxygen atoms in total. The van der Waals surface area contributed by atoms with Gasteiger partial charge < -0.3 is 9.47 Å². The lowest BCUT2D eigenvalue weighted by Crippen LogP contribution is -2.22. The molecular formula is C25H38O6. The second kappa shape index (κ2) is 12.8. The van der Waals surface area contributed by atoms with E-state index >= 15 is 0 Å². The number of methoxy groups -OCH3 is 2. The van der Waals surface area contributed by atoms with Gasteiger partial charge in [-0.05, 0) is 43.4 Å². The van der Waals surface area contributed by atoms with Crippen molar-refractivity contribution in [2.45, 2.75) is 77.6 Å². The zero-order valence-corrected chi connectivity index (χ0v) is 19.3. The summed E-state index contributed by atoms with van der Waals surface area (Å²) >= 11 is 0. The first kappa shape index (κ1) is 25.3. The van der Waals surface area contributed by atoms with Crippen LogP contribution in [0, 0.1) is 29.6 Å². The van der Waals surface area contributed by atoms with Gasteiger partial charge in [0.2, 0.25) is 0 Å². The van der Waals surface area contributed by atoms with Gasteiger partial charge in [0.25, 0.3) is 0 Å². The Balaban J connectivity index is 1.95. The maximum atomic E-state index is 12.7. The van der Waals surface area contributed by atoms with Gasteiger partial charge in [-0.3, -0.25) is 19.2 Å². The standard InChI is InChI=1S/C25H38O6/c1-4-5-6-11-20-21(16-25(29)31-3)17(14-23(20)27)9-7-8-10-19-18(12-13-22(19)26)15-24(28)30-2/h7-8,17-21H,4-6,9-16H2,1-3H3/b8-7-. The number of ketones is 2. The van der Waals surface area contributed by atoms with Crippen molar-refractivity contribution in [2.24, 2.45) is 29.6 Å². The highest BCUT2D eigenvalue weighted by Gasteiger charge is 2.42. The molecule has 0 saturated heterocycles. The minimum absolute atomic E-state index is 0.0293. The molecule has 0 aromatic carbocycles. The normalized spacial score (nSPS) is 28.4. The Morgan fingerprint density at radius 3 is 2.26 bits per heavy atom. The lowest BCUT2D eigenvalue weighted by Gasteiger charge is -2.22. The predicted molar refractivity (Wildman–Crippen MR) is 117 cm³/mol. The molecule has 2 saturated carbocycles. The van der Waals surface area contributed by atoms with Crippen molar-refractivity contribution in [2.75, 3.05) is 14.2 Å². The van der Waals surface area contributed by atoms with Crippen LogP contribution in [0.1, 0.15) is 77.6 Å². The molecule has 6 heteroatoms. The molecular weight excluding hydrogens is 396 g/mol. The fourth-order valence-corrected chi connectivity index (χ4v) is 5.32. The molecule has 5 atom stereocenters. The molecule has 31 heavy (non-hydrogen) atoms. The molecule has 0 bridgehead atoms. The van der Waals surface area contributed by atoms with E-state index in [-0.39, 0.29) is 53.1 Å². The Labute approximate surface area is 186 Å². The fourth-order valence-electron chi connectivity index (χ4n) is 5.32. The van der Waals surface area contributed by atoms with Gasteiger partial charge >= 0.3 is 11.9 Å². The summed E-state index contributed by atoms with van der Waals surface area (Å²) in [6.07, 6.45) is 11.8. The van der Waals surface area contributed by atoms with Gasteiger partial charge in [0.1, 0.15) is 11.6 Å². The summed E-state index contributed by atoms with van der Waals surface area (Å²) in [6.45, 7) is 2.14. The number of carbonyl (C=O) groups excluding carboxylic acids is 4. The Hall–Kier alpha value is -1.98. The molecule has 0 heterocycles. The van der Waals surface area contributed by atoms with Crippen molar-refractivity contribution in [3.63, 3.8) is 0 Å². The molecule has 0 aliphatic heterocycles. The van der Waals surface area contributed by atoms with Crippen LogP contribution in [0.5, 0.6) is 0 Å². The fraction of sp³-hybridized carbons (Fsp3) is 0.760. The molecule has 0 N–H and O–H groups in total. The smallest absolute Gasteiger partial charge is 0.305 e. The number of hydrogen-bond acceptors (Lipinski definition) is 6. The predicted octanol–water partition coefficient (Wildman–Crippen LogP) is 4.45. The van der Waals surface area contributed by atoms with Crippen LogP contribution >= 0.6 is 0 Å². The molecule has 2 rings (SSSR count). The number of unbranched alkanes of at least 4 members (excludes halogenated alkanes) is 2. The quantitative estimate of drug-likeness (QED) is 0.256. The van der Waals surface area contributed by atoms with Crippen molar-refractivity contribution in [1.82, 2.24) is 0 Å². The van der Waals surface area contributed by atoms with E-state index in [0.717, 1.165) is 38.5 Å². The maximum absolute atomic E-state index is 12.7. The molecule has 0 spiro atoms. The minimum Gasteiger partial charge on any atom is -0.469 e. The summed E-state index contributed by atoms with van der Waals surface area (Å²) in [5.41, 5.74) is 0. The van der Waals surface area contributed by atoms with Crippen LogP contribution in [0.4, 0.5) is 0 Å². The van der Waals surface area contributed by atoms with Gasteiger partial charge in [-0.2, -0.15) is 0 Å². The van der Waals surface area contributed by atoms with E-state index in [1.165, 1.54) is 14.2 Å². The van der Waals surface area contributed by atoms with Crippen molar-refractivity contribution in [1.29, 1.82) is 0 Å². The summed E-state index contributed by atoms with van der Waals surface area (Å²) in [7, 11) is 2.76. The van der Waals surface area contributed by atoms with Crippen LogP contribution in [-0.2, 0) is 28.7 Å². The average Bonchev–Trinajstić information content (AvgIpc) is 3.24. The maximum Gasteiger partial charge on any atom is 0.305 e. The average molecular weight is 435 g/mol. The number of rotatable bonds is 12. The first-order chi connectivity index (χ1) is 14.9. The molecule has 0 aromatic heterocycles. The zero-order valence-electron chi connectivity index (χ0n) is 19.3. The van der Waals surface area contributed by atoms with E-state index in [1.807, 2.05) is 6.08 Å². The largest absolute Gasteiger partial charge is 0.469 e. The van der Waals surface area contributed by atoms with Crippen LogP contribution in [0.25, 0.3) is 0 Å². The number of Topliss-reactive ketones (excluding diaryl/α,β-unsaturated/α-hetero) is 2. The molecule has 0 radical (unpaired) electrons. The third kappa shape index (κ3) is 7.29. The molecule has 2 aliphatic carbocycles. The number of esters is 2. The van der Waals surface area contributed by atoms with E-state index < -0.39 is 0 Å². The van der Waals surface area contributed by atoms with E-state index in [9.17, 15) is 19.2 Å². The van der Waals surface area contributed by atoms with Crippen molar-refractivity contribution < 1.29 is 28.7 Å². The van der Waals surface area contributed by atoms with Crippen LogP contribution in [-0.4, -0.2) is 37.7 Å². The van der Waals surface area contributed by atoms with Gasteiger partial charge in [-0.1, -0.05) is 38.3 Å². The summed E-state index contributed by atoms with van der Waals surface area (Å²) in [5, 5.41) is 0. The van der Waals surface area contributed by atoms with E-state index in [1.54, 1.807) is 0 Å². The summed E-state index contributed by atoms with van der Waals surface area (Å²) in [6, 6.07) is 0. The lowest BCUT2D eigenvalue weighted by molar-refractivity contribution is -0.143. The molecule has 5 unspecified atom stereocenters. The van der Waals surface area contributed by atoms with Crippen LogP contribution in [0.2, 0.25) is 0 Å². The minimum atomic E-state index is -0.266. The third-order valence-electron chi connectivity index (χ3n) is 7.14. The number of hydrogen-bond donors (Lipinski definition) is 0. The zero-order chi connectivity index (χ0) is 22.8. The summed E-state index contributed by atoms with van der Waals surface area (Å²) in [5.74, 6) is 0.00279. The number of ether oxygens (including phenoxy) is 2. The van der Waals surface area contributed by atoms with Crippen molar-refractivity contribution in [3.05, 3.63) is 12.2 Å². The Kier molecular flexibility index (Phi) is 10.4. The number of allylic oxidation sites excluding steroid dienone is 2. The Bertz CT molecular complexity index is 667. The van der Waals surface area contributed by atoms with E-state index in [2.05, 4.69) is 13.0 Å². The van der Waals surface area contributed by atoms with Gasteiger partial charge in [-0.25, -0.2) is 0 Å². The topological polar surface area (TPSA) is 86.7 Å².